The van der Waals surface area contributed by atoms with Crippen LogP contribution in [0.3, 0.4) is 0 Å². The van der Waals surface area contributed by atoms with Crippen molar-refractivity contribution in [3.8, 4) is 0 Å². The minimum Gasteiger partial charge on any atom is -0.459 e. The number of nitro benzene ring substituents is 1. The van der Waals surface area contributed by atoms with Crippen LogP contribution >= 0.6 is 0 Å². The number of nitro groups is 1. The van der Waals surface area contributed by atoms with Crippen LogP contribution in [0.2, 0.25) is 0 Å². The summed E-state index contributed by atoms with van der Waals surface area (Å²) in [4.78, 5) is 22.0. The minimum atomic E-state index is -0.704. The number of methoxy groups -OCH3 is 1. The van der Waals surface area contributed by atoms with Crippen LogP contribution in [0.15, 0.2) is 24.3 Å². The molecule has 2 unspecified atom stereocenters. The number of hydrogen-bond donors (Lipinski definition) is 0. The zero-order valence-corrected chi connectivity index (χ0v) is 12.7. The molecule has 0 aliphatic heterocycles. The second kappa shape index (κ2) is 7.82. The Labute approximate surface area is 133 Å². The van der Waals surface area contributed by atoms with Gasteiger partial charge in [-0.2, -0.15) is 0 Å². The van der Waals surface area contributed by atoms with Crippen LogP contribution in [0.25, 0.3) is 6.08 Å². The van der Waals surface area contributed by atoms with Gasteiger partial charge in [-0.25, -0.2) is 9.18 Å². The van der Waals surface area contributed by atoms with E-state index in [0.717, 1.165) is 37.5 Å². The Morgan fingerprint density at radius 3 is 2.83 bits per heavy atom. The molecule has 1 fully saturated rings. The van der Waals surface area contributed by atoms with Crippen LogP contribution in [0.1, 0.15) is 31.2 Å². The number of carbonyl (C=O) groups excluding carboxylic acids is 1. The van der Waals surface area contributed by atoms with Crippen molar-refractivity contribution in [1.29, 1.82) is 0 Å². The lowest BCUT2D eigenvalue weighted by Crippen LogP contribution is -2.28. The third-order valence-electron chi connectivity index (χ3n) is 3.78. The summed E-state index contributed by atoms with van der Waals surface area (Å²) in [5, 5.41) is 10.9. The molecule has 2 rings (SSSR count). The molecule has 6 nitrogen and oxygen atoms in total. The maximum atomic E-state index is 13.1. The fourth-order valence-electron chi connectivity index (χ4n) is 2.60. The summed E-state index contributed by atoms with van der Waals surface area (Å²) >= 11 is 0. The molecule has 1 aromatic carbocycles. The maximum Gasteiger partial charge on any atom is 0.331 e. The molecule has 2 atom stereocenters. The van der Waals surface area contributed by atoms with Gasteiger partial charge in [-0.1, -0.05) is 0 Å². The lowest BCUT2D eigenvalue weighted by molar-refractivity contribution is -0.385. The first kappa shape index (κ1) is 17.1. The predicted octanol–water partition coefficient (Wildman–Crippen LogP) is 3.25. The van der Waals surface area contributed by atoms with Gasteiger partial charge in [-0.3, -0.25) is 10.1 Å². The predicted molar refractivity (Wildman–Crippen MR) is 81.2 cm³/mol. The summed E-state index contributed by atoms with van der Waals surface area (Å²) in [6.07, 6.45) is 5.54. The van der Waals surface area contributed by atoms with Gasteiger partial charge in [0.15, 0.2) is 0 Å². The fraction of sp³-hybridized carbons (Fsp3) is 0.438. The van der Waals surface area contributed by atoms with Crippen molar-refractivity contribution in [2.45, 2.75) is 37.9 Å². The number of halogens is 1. The molecule has 1 saturated carbocycles. The van der Waals surface area contributed by atoms with Gasteiger partial charge in [0.1, 0.15) is 11.9 Å². The van der Waals surface area contributed by atoms with E-state index >= 15 is 0 Å². The topological polar surface area (TPSA) is 78.7 Å². The Balaban J connectivity index is 2.00. The summed E-state index contributed by atoms with van der Waals surface area (Å²) in [5.41, 5.74) is -0.252. The summed E-state index contributed by atoms with van der Waals surface area (Å²) in [6, 6.07) is 3.16. The van der Waals surface area contributed by atoms with Crippen LogP contribution in [-0.2, 0) is 14.3 Å². The number of carbonyl (C=O) groups is 1. The quantitative estimate of drug-likeness (QED) is 0.360. The van der Waals surface area contributed by atoms with Crippen LogP contribution in [0.4, 0.5) is 10.1 Å². The van der Waals surface area contributed by atoms with Crippen LogP contribution < -0.4 is 0 Å². The summed E-state index contributed by atoms with van der Waals surface area (Å²) in [7, 11) is 1.63. The Morgan fingerprint density at radius 2 is 2.13 bits per heavy atom. The second-order valence-electron chi connectivity index (χ2n) is 5.38. The SMILES string of the molecule is COC1CCCC(OC(=O)/C=C/c2ccc(F)cc2[N+](=O)[O-])C1. The molecule has 0 bridgehead atoms. The van der Waals surface area contributed by atoms with E-state index in [2.05, 4.69) is 0 Å². The van der Waals surface area contributed by atoms with Gasteiger partial charge in [0.05, 0.1) is 22.7 Å². The molecular weight excluding hydrogens is 305 g/mol. The highest BCUT2D eigenvalue weighted by molar-refractivity contribution is 5.88. The van der Waals surface area contributed by atoms with E-state index in [1.165, 1.54) is 12.1 Å². The second-order valence-corrected chi connectivity index (χ2v) is 5.38. The van der Waals surface area contributed by atoms with Crippen molar-refractivity contribution in [3.63, 3.8) is 0 Å². The number of ether oxygens (including phenoxy) is 2. The van der Waals surface area contributed by atoms with Gasteiger partial charge in [0, 0.05) is 19.6 Å². The molecule has 124 valence electrons. The molecular formula is C16H18FNO5. The highest BCUT2D eigenvalue weighted by atomic mass is 19.1. The largest absolute Gasteiger partial charge is 0.459 e. The molecule has 1 aliphatic carbocycles. The van der Waals surface area contributed by atoms with Gasteiger partial charge in [-0.05, 0) is 37.5 Å². The lowest BCUT2D eigenvalue weighted by Gasteiger charge is -2.27. The monoisotopic (exact) mass is 323 g/mol. The van der Waals surface area contributed by atoms with Gasteiger partial charge in [0.25, 0.3) is 5.69 Å². The van der Waals surface area contributed by atoms with E-state index in [1.807, 2.05) is 0 Å². The zero-order valence-electron chi connectivity index (χ0n) is 12.7. The van der Waals surface area contributed by atoms with Gasteiger partial charge in [-0.15, -0.1) is 0 Å². The van der Waals surface area contributed by atoms with Crippen molar-refractivity contribution < 1.29 is 23.6 Å². The number of nitrogens with zero attached hydrogens (tertiary/aromatic N) is 1. The number of benzene rings is 1. The van der Waals surface area contributed by atoms with Crippen molar-refractivity contribution in [1.82, 2.24) is 0 Å². The van der Waals surface area contributed by atoms with Crippen molar-refractivity contribution in [3.05, 3.63) is 45.8 Å². The Kier molecular flexibility index (Phi) is 5.81. The molecule has 0 saturated heterocycles. The molecule has 0 N–H and O–H groups in total. The van der Waals surface area contributed by atoms with E-state index < -0.39 is 22.4 Å². The highest BCUT2D eigenvalue weighted by Gasteiger charge is 2.24. The van der Waals surface area contributed by atoms with Crippen LogP contribution in [0, 0.1) is 15.9 Å². The molecule has 0 aromatic heterocycles. The standard InChI is InChI=1S/C16H18FNO5/c1-22-13-3-2-4-14(10-13)23-16(19)8-6-11-5-7-12(17)9-15(11)18(20)21/h5-9,13-14H,2-4,10H2,1H3/b8-6+. The normalized spacial score (nSPS) is 21.3. The van der Waals surface area contributed by atoms with Crippen molar-refractivity contribution >= 4 is 17.7 Å². The van der Waals surface area contributed by atoms with Crippen LogP contribution in [-0.4, -0.2) is 30.2 Å². The lowest BCUT2D eigenvalue weighted by atomic mass is 9.95. The van der Waals surface area contributed by atoms with Crippen molar-refractivity contribution in [2.75, 3.05) is 7.11 Å². The Morgan fingerprint density at radius 1 is 1.39 bits per heavy atom. The summed E-state index contributed by atoms with van der Waals surface area (Å²) in [6.45, 7) is 0. The first-order valence-electron chi connectivity index (χ1n) is 7.35. The van der Waals surface area contributed by atoms with E-state index in [0.29, 0.717) is 6.42 Å². The Bertz CT molecular complexity index is 616. The molecule has 1 aromatic rings. The summed E-state index contributed by atoms with van der Waals surface area (Å²) in [5.74, 6) is -1.28. The average molecular weight is 323 g/mol. The third kappa shape index (κ3) is 4.85. The minimum absolute atomic E-state index is 0.0868. The van der Waals surface area contributed by atoms with Gasteiger partial charge < -0.3 is 9.47 Å². The van der Waals surface area contributed by atoms with E-state index in [4.69, 9.17) is 9.47 Å². The maximum absolute atomic E-state index is 13.1. The number of esters is 1. The van der Waals surface area contributed by atoms with E-state index in [1.54, 1.807) is 7.11 Å². The molecule has 0 heterocycles. The van der Waals surface area contributed by atoms with Crippen LogP contribution in [0.5, 0.6) is 0 Å². The smallest absolute Gasteiger partial charge is 0.331 e. The first-order chi connectivity index (χ1) is 11.0. The third-order valence-corrected chi connectivity index (χ3v) is 3.78. The van der Waals surface area contributed by atoms with E-state index in [-0.39, 0.29) is 17.8 Å². The molecule has 1 aliphatic rings. The zero-order chi connectivity index (χ0) is 16.8. The molecule has 23 heavy (non-hydrogen) atoms. The molecule has 0 amide bonds. The average Bonchev–Trinajstić information content (AvgIpc) is 2.53. The molecule has 0 spiro atoms. The molecule has 0 radical (unpaired) electrons. The summed E-state index contributed by atoms with van der Waals surface area (Å²) < 4.78 is 23.6. The van der Waals surface area contributed by atoms with Gasteiger partial charge in [0.2, 0.25) is 0 Å². The first-order valence-corrected chi connectivity index (χ1v) is 7.35. The molecule has 7 heteroatoms. The van der Waals surface area contributed by atoms with Crippen molar-refractivity contribution in [2.24, 2.45) is 0 Å². The highest BCUT2D eigenvalue weighted by Crippen LogP contribution is 2.24. The Hall–Kier alpha value is -2.28. The fourth-order valence-corrected chi connectivity index (χ4v) is 2.60. The number of hydrogen-bond acceptors (Lipinski definition) is 5. The number of rotatable bonds is 5. The van der Waals surface area contributed by atoms with Gasteiger partial charge >= 0.3 is 5.97 Å². The van der Waals surface area contributed by atoms with E-state index in [9.17, 15) is 19.3 Å².